The quantitative estimate of drug-likeness (QED) is 0.237. The maximum absolute atomic E-state index is 13.1. The first-order chi connectivity index (χ1) is 19.5. The van der Waals surface area contributed by atoms with E-state index in [-0.39, 0.29) is 11.7 Å². The number of para-hydroxylation sites is 2. The molecule has 0 radical (unpaired) electrons. The number of ether oxygens (including phenoxy) is 1. The summed E-state index contributed by atoms with van der Waals surface area (Å²) < 4.78 is 5.42. The number of carbonyl (C=O) groups excluding carboxylic acids is 1. The van der Waals surface area contributed by atoms with Crippen LogP contribution in [-0.2, 0) is 14.5 Å². The van der Waals surface area contributed by atoms with Crippen molar-refractivity contribution in [2.45, 2.75) is 31.7 Å². The van der Waals surface area contributed by atoms with Gasteiger partial charge in [0.2, 0.25) is 10.0 Å². The van der Waals surface area contributed by atoms with Crippen molar-refractivity contribution in [3.8, 4) is 0 Å². The molecular weight excluding hydrogens is 516 g/mol. The van der Waals surface area contributed by atoms with Gasteiger partial charge in [0.25, 0.3) is 0 Å². The Morgan fingerprint density at radius 2 is 1.38 bits per heavy atom. The molecule has 0 amide bonds. The smallest absolute Gasteiger partial charge is 0.365 e. The van der Waals surface area contributed by atoms with Gasteiger partial charge in [-0.15, -0.1) is 0 Å². The first-order valence-electron chi connectivity index (χ1n) is 13.5. The summed E-state index contributed by atoms with van der Waals surface area (Å²) in [6, 6.07) is 36.8. The standard InChI is InChI=1S/C33H30N4O2S/c1-4-39-32(38)31-35-37(27-15-9-6-10-16-27)33(40-31)29-18-12-11-17-28(29)30(25-21-19-24(20-22-25)23(2)3)34-36(33)26-13-7-5-8-14-26/h5-23H,4H2,1-3H3/t33-/m1/s1. The lowest BCUT2D eigenvalue weighted by Gasteiger charge is -2.47. The third-order valence-electron chi connectivity index (χ3n) is 7.04. The molecule has 40 heavy (non-hydrogen) atoms. The second kappa shape index (κ2) is 10.7. The highest BCUT2D eigenvalue weighted by Crippen LogP contribution is 2.55. The van der Waals surface area contributed by atoms with E-state index in [4.69, 9.17) is 14.9 Å². The van der Waals surface area contributed by atoms with Crippen LogP contribution in [0.3, 0.4) is 0 Å². The second-order valence-corrected chi connectivity index (χ2v) is 11.1. The fourth-order valence-electron chi connectivity index (χ4n) is 5.09. The van der Waals surface area contributed by atoms with E-state index < -0.39 is 11.0 Å². The number of nitrogens with zero attached hydrogens (tertiary/aromatic N) is 4. The Kier molecular flexibility index (Phi) is 6.90. The van der Waals surface area contributed by atoms with Crippen molar-refractivity contribution < 1.29 is 9.53 Å². The molecule has 7 heteroatoms. The van der Waals surface area contributed by atoms with Crippen molar-refractivity contribution in [3.63, 3.8) is 0 Å². The minimum Gasteiger partial charge on any atom is -0.461 e. The van der Waals surface area contributed by atoms with E-state index in [1.54, 1.807) is 6.92 Å². The van der Waals surface area contributed by atoms with Crippen LogP contribution in [0.2, 0.25) is 0 Å². The summed E-state index contributed by atoms with van der Waals surface area (Å²) in [5.74, 6) is -0.0127. The number of carbonyl (C=O) groups is 1. The number of rotatable bonds is 6. The highest BCUT2D eigenvalue weighted by molar-refractivity contribution is 8.16. The Morgan fingerprint density at radius 3 is 1.98 bits per heavy atom. The van der Waals surface area contributed by atoms with E-state index in [1.165, 1.54) is 17.3 Å². The maximum atomic E-state index is 13.1. The Bertz CT molecular complexity index is 1590. The zero-order valence-corrected chi connectivity index (χ0v) is 23.5. The number of hydrogen-bond donors (Lipinski definition) is 0. The van der Waals surface area contributed by atoms with E-state index in [0.29, 0.717) is 5.92 Å². The van der Waals surface area contributed by atoms with Gasteiger partial charge in [0.1, 0.15) is 0 Å². The van der Waals surface area contributed by atoms with E-state index in [0.717, 1.165) is 33.8 Å². The Labute approximate surface area is 239 Å². The predicted octanol–water partition coefficient (Wildman–Crippen LogP) is 7.32. The molecule has 0 saturated carbocycles. The van der Waals surface area contributed by atoms with Crippen LogP contribution in [0.4, 0.5) is 11.4 Å². The molecule has 4 aromatic carbocycles. The van der Waals surface area contributed by atoms with Crippen LogP contribution in [0.5, 0.6) is 0 Å². The molecule has 2 aliphatic heterocycles. The summed E-state index contributed by atoms with van der Waals surface area (Å²) in [5.41, 5.74) is 6.84. The lowest BCUT2D eigenvalue weighted by molar-refractivity contribution is -0.134. The Hall–Kier alpha value is -4.36. The van der Waals surface area contributed by atoms with Gasteiger partial charge in [0, 0.05) is 16.7 Å². The molecule has 4 aromatic rings. The molecule has 0 aromatic heterocycles. The van der Waals surface area contributed by atoms with Crippen molar-refractivity contribution in [1.82, 2.24) is 0 Å². The number of esters is 1. The number of thioether (sulfide) groups is 1. The number of hydrazone groups is 2. The van der Waals surface area contributed by atoms with E-state index in [2.05, 4.69) is 50.2 Å². The lowest BCUT2D eigenvalue weighted by Crippen LogP contribution is -2.54. The number of benzene rings is 4. The zero-order valence-electron chi connectivity index (χ0n) is 22.7. The van der Waals surface area contributed by atoms with E-state index in [9.17, 15) is 4.79 Å². The molecular formula is C33H30N4O2S. The Morgan fingerprint density at radius 1 is 0.800 bits per heavy atom. The molecule has 1 atom stereocenters. The molecule has 200 valence electrons. The fourth-order valence-corrected chi connectivity index (χ4v) is 6.37. The van der Waals surface area contributed by atoms with Crippen molar-refractivity contribution in [3.05, 3.63) is 131 Å². The monoisotopic (exact) mass is 546 g/mol. The van der Waals surface area contributed by atoms with Gasteiger partial charge in [-0.05, 0) is 54.4 Å². The second-order valence-electron chi connectivity index (χ2n) is 9.90. The Balaban J connectivity index is 1.61. The molecule has 0 saturated heterocycles. The van der Waals surface area contributed by atoms with Crippen molar-refractivity contribution in [1.29, 1.82) is 0 Å². The first kappa shape index (κ1) is 25.9. The number of anilines is 2. The minimum absolute atomic E-state index is 0.268. The molecule has 0 N–H and O–H groups in total. The molecule has 6 rings (SSSR count). The number of fused-ring (bicyclic) bond motifs is 2. The predicted molar refractivity (Wildman–Crippen MR) is 164 cm³/mol. The van der Waals surface area contributed by atoms with Gasteiger partial charge >= 0.3 is 5.97 Å². The average molecular weight is 547 g/mol. The van der Waals surface area contributed by atoms with Gasteiger partial charge in [0.05, 0.1) is 23.7 Å². The van der Waals surface area contributed by atoms with Gasteiger partial charge in [0.15, 0.2) is 0 Å². The SMILES string of the molecule is CCOC(=O)C1=NN(c2ccccc2)[C@@]2(S1)c1ccccc1C(c1ccc(C(C)C)cc1)=NN2c1ccccc1. The third-order valence-corrected chi connectivity index (χ3v) is 8.33. The summed E-state index contributed by atoms with van der Waals surface area (Å²) in [6.45, 7) is 6.46. The van der Waals surface area contributed by atoms with Crippen LogP contribution in [0.15, 0.2) is 119 Å². The first-order valence-corrected chi connectivity index (χ1v) is 14.3. The third kappa shape index (κ3) is 4.36. The summed E-state index contributed by atoms with van der Waals surface area (Å²) >= 11 is 1.35. The molecule has 2 aliphatic rings. The number of hydrogen-bond acceptors (Lipinski definition) is 7. The summed E-state index contributed by atoms with van der Waals surface area (Å²) in [7, 11) is 0. The van der Waals surface area contributed by atoms with Crippen LogP contribution in [-0.4, -0.2) is 23.3 Å². The summed E-state index contributed by atoms with van der Waals surface area (Å²) in [5, 5.41) is 14.4. The van der Waals surface area contributed by atoms with Crippen LogP contribution in [0, 0.1) is 0 Å². The topological polar surface area (TPSA) is 57.5 Å². The molecule has 0 aliphatic carbocycles. The molecule has 1 spiro atoms. The average Bonchev–Trinajstić information content (AvgIpc) is 3.40. The molecule has 0 bridgehead atoms. The largest absolute Gasteiger partial charge is 0.461 e. The highest BCUT2D eigenvalue weighted by atomic mass is 32.2. The molecule has 0 unspecified atom stereocenters. The highest BCUT2D eigenvalue weighted by Gasteiger charge is 2.56. The summed E-state index contributed by atoms with van der Waals surface area (Å²) in [6.07, 6.45) is 0. The van der Waals surface area contributed by atoms with Gasteiger partial charge in [-0.25, -0.2) is 14.8 Å². The summed E-state index contributed by atoms with van der Waals surface area (Å²) in [4.78, 5) is 12.1. The normalized spacial score (nSPS) is 18.0. The maximum Gasteiger partial charge on any atom is 0.365 e. The van der Waals surface area contributed by atoms with Gasteiger partial charge in [-0.2, -0.15) is 10.2 Å². The van der Waals surface area contributed by atoms with Gasteiger partial charge < -0.3 is 4.74 Å². The zero-order chi connectivity index (χ0) is 27.7. The molecule has 0 fully saturated rings. The van der Waals surface area contributed by atoms with Gasteiger partial charge in [-0.1, -0.05) is 98.8 Å². The lowest BCUT2D eigenvalue weighted by atomic mass is 9.92. The fraction of sp³-hybridized carbons (Fsp3) is 0.182. The van der Waals surface area contributed by atoms with Crippen LogP contribution in [0.25, 0.3) is 0 Å². The van der Waals surface area contributed by atoms with Crippen LogP contribution >= 0.6 is 11.8 Å². The van der Waals surface area contributed by atoms with E-state index in [1.807, 2.05) is 82.8 Å². The minimum atomic E-state index is -1.01. The van der Waals surface area contributed by atoms with Crippen molar-refractivity contribution in [2.24, 2.45) is 10.2 Å². The van der Waals surface area contributed by atoms with Crippen molar-refractivity contribution in [2.75, 3.05) is 16.6 Å². The molecule has 2 heterocycles. The van der Waals surface area contributed by atoms with Gasteiger partial charge in [-0.3, -0.25) is 0 Å². The van der Waals surface area contributed by atoms with Crippen LogP contribution < -0.4 is 10.0 Å². The van der Waals surface area contributed by atoms with Crippen molar-refractivity contribution >= 4 is 39.9 Å². The van der Waals surface area contributed by atoms with Crippen LogP contribution in [0.1, 0.15) is 48.9 Å². The van der Waals surface area contributed by atoms with E-state index >= 15 is 0 Å². The molecule has 6 nitrogen and oxygen atoms in total.